The first-order valence-electron chi connectivity index (χ1n) is 12.5. The zero-order chi connectivity index (χ0) is 26.3. The highest BCUT2D eigenvalue weighted by Gasteiger charge is 2.28. The number of hydrogen-bond acceptors (Lipinski definition) is 6. The summed E-state index contributed by atoms with van der Waals surface area (Å²) in [5.41, 5.74) is 1.34. The SMILES string of the molecule is COc1ccc([C@@H](Nc2ccc(S(=O)(=O)N3CCC(C)CC3)cc2)C(=O)NCCC(C)C)cc1OC. The molecule has 36 heavy (non-hydrogen) atoms. The number of nitrogens with zero attached hydrogens (tertiary/aromatic N) is 1. The second kappa shape index (κ2) is 12.5. The molecule has 0 bridgehead atoms. The van der Waals surface area contributed by atoms with Crippen LogP contribution in [0, 0.1) is 11.8 Å². The van der Waals surface area contributed by atoms with E-state index in [9.17, 15) is 13.2 Å². The summed E-state index contributed by atoms with van der Waals surface area (Å²) < 4.78 is 38.5. The molecule has 0 aromatic heterocycles. The number of rotatable bonds is 11. The molecule has 2 N–H and O–H groups in total. The van der Waals surface area contributed by atoms with E-state index in [2.05, 4.69) is 31.4 Å². The van der Waals surface area contributed by atoms with Crippen LogP contribution in [0.25, 0.3) is 0 Å². The molecule has 1 fully saturated rings. The van der Waals surface area contributed by atoms with Crippen LogP contribution in [0.15, 0.2) is 47.4 Å². The highest BCUT2D eigenvalue weighted by atomic mass is 32.2. The van der Waals surface area contributed by atoms with E-state index in [4.69, 9.17) is 9.47 Å². The van der Waals surface area contributed by atoms with E-state index < -0.39 is 16.1 Å². The highest BCUT2D eigenvalue weighted by molar-refractivity contribution is 7.89. The normalized spacial score (nSPS) is 15.9. The van der Waals surface area contributed by atoms with Gasteiger partial charge in [0.05, 0.1) is 19.1 Å². The van der Waals surface area contributed by atoms with E-state index in [1.807, 2.05) is 6.07 Å². The number of ether oxygens (including phenoxy) is 2. The number of methoxy groups -OCH3 is 2. The Morgan fingerprint density at radius 1 is 1.03 bits per heavy atom. The summed E-state index contributed by atoms with van der Waals surface area (Å²) in [5, 5.41) is 6.27. The molecule has 1 saturated heterocycles. The van der Waals surface area contributed by atoms with Crippen molar-refractivity contribution in [3.05, 3.63) is 48.0 Å². The average Bonchev–Trinajstić information content (AvgIpc) is 2.87. The van der Waals surface area contributed by atoms with Gasteiger partial charge in [-0.2, -0.15) is 4.31 Å². The third kappa shape index (κ3) is 6.91. The van der Waals surface area contributed by atoms with Gasteiger partial charge in [0.2, 0.25) is 15.9 Å². The van der Waals surface area contributed by atoms with Gasteiger partial charge in [0, 0.05) is 25.3 Å². The van der Waals surface area contributed by atoms with Crippen molar-refractivity contribution in [2.45, 2.75) is 51.0 Å². The van der Waals surface area contributed by atoms with Crippen molar-refractivity contribution in [2.24, 2.45) is 11.8 Å². The Morgan fingerprint density at radius 3 is 2.25 bits per heavy atom. The lowest BCUT2D eigenvalue weighted by Crippen LogP contribution is -2.37. The molecular weight excluding hydrogens is 478 g/mol. The lowest BCUT2D eigenvalue weighted by atomic mass is 10.0. The monoisotopic (exact) mass is 517 g/mol. The van der Waals surface area contributed by atoms with E-state index in [-0.39, 0.29) is 10.8 Å². The first-order chi connectivity index (χ1) is 17.1. The van der Waals surface area contributed by atoms with Gasteiger partial charge in [-0.25, -0.2) is 8.42 Å². The Kier molecular flexibility index (Phi) is 9.62. The maximum Gasteiger partial charge on any atom is 0.247 e. The molecule has 0 unspecified atom stereocenters. The summed E-state index contributed by atoms with van der Waals surface area (Å²) in [6, 6.07) is 11.2. The molecule has 1 aliphatic heterocycles. The fraction of sp³-hybridized carbons (Fsp3) is 0.519. The minimum absolute atomic E-state index is 0.179. The Hall–Kier alpha value is -2.78. The highest BCUT2D eigenvalue weighted by Crippen LogP contribution is 2.32. The number of anilines is 1. The van der Waals surface area contributed by atoms with Crippen LogP contribution in [0.1, 0.15) is 51.6 Å². The number of piperidine rings is 1. The molecule has 1 heterocycles. The number of hydrogen-bond donors (Lipinski definition) is 2. The van der Waals surface area contributed by atoms with E-state index in [1.165, 1.54) is 0 Å². The van der Waals surface area contributed by atoms with E-state index in [0.29, 0.717) is 54.2 Å². The van der Waals surface area contributed by atoms with Crippen LogP contribution in [0.3, 0.4) is 0 Å². The molecule has 2 aromatic carbocycles. The van der Waals surface area contributed by atoms with Crippen LogP contribution < -0.4 is 20.1 Å². The first kappa shape index (κ1) is 27.8. The van der Waals surface area contributed by atoms with Crippen molar-refractivity contribution >= 4 is 21.6 Å². The van der Waals surface area contributed by atoms with Crippen LogP contribution in [-0.4, -0.2) is 52.5 Å². The quantitative estimate of drug-likeness (QED) is 0.457. The molecule has 198 valence electrons. The molecule has 0 spiro atoms. The average molecular weight is 518 g/mol. The largest absolute Gasteiger partial charge is 0.493 e. The number of sulfonamides is 1. The standard InChI is InChI=1S/C27H39N3O5S/c1-19(2)12-15-28-27(31)26(21-6-11-24(34-4)25(18-21)35-5)29-22-7-9-23(10-8-22)36(32,33)30-16-13-20(3)14-17-30/h6-11,18-20,26,29H,12-17H2,1-5H3,(H,28,31)/t26-/m1/s1. The third-order valence-corrected chi connectivity index (χ3v) is 8.48. The number of benzene rings is 2. The molecule has 2 aromatic rings. The fourth-order valence-corrected chi connectivity index (χ4v) is 5.65. The lowest BCUT2D eigenvalue weighted by molar-refractivity contribution is -0.122. The number of amides is 1. The van der Waals surface area contributed by atoms with Gasteiger partial charge in [-0.15, -0.1) is 0 Å². The minimum atomic E-state index is -3.54. The zero-order valence-electron chi connectivity index (χ0n) is 21.9. The summed E-state index contributed by atoms with van der Waals surface area (Å²) >= 11 is 0. The van der Waals surface area contributed by atoms with Crippen molar-refractivity contribution in [3.8, 4) is 11.5 Å². The van der Waals surface area contributed by atoms with Gasteiger partial charge in [0.15, 0.2) is 11.5 Å². The topological polar surface area (TPSA) is 97.0 Å². The van der Waals surface area contributed by atoms with Crippen LogP contribution in [0.2, 0.25) is 0 Å². The van der Waals surface area contributed by atoms with Gasteiger partial charge in [0.1, 0.15) is 6.04 Å². The molecule has 0 aliphatic carbocycles. The van der Waals surface area contributed by atoms with Crippen molar-refractivity contribution < 1.29 is 22.7 Å². The van der Waals surface area contributed by atoms with E-state index in [1.54, 1.807) is 54.9 Å². The fourth-order valence-electron chi connectivity index (χ4n) is 4.18. The molecule has 9 heteroatoms. The van der Waals surface area contributed by atoms with E-state index >= 15 is 0 Å². The van der Waals surface area contributed by atoms with Gasteiger partial charge in [-0.3, -0.25) is 4.79 Å². The predicted molar refractivity (Wildman–Crippen MR) is 142 cm³/mol. The van der Waals surface area contributed by atoms with Crippen LogP contribution >= 0.6 is 0 Å². The molecule has 0 saturated carbocycles. The van der Waals surface area contributed by atoms with Gasteiger partial charge in [0.25, 0.3) is 0 Å². The van der Waals surface area contributed by atoms with Crippen molar-refractivity contribution in [1.82, 2.24) is 9.62 Å². The third-order valence-electron chi connectivity index (χ3n) is 6.57. The molecule has 3 rings (SSSR count). The summed E-state index contributed by atoms with van der Waals surface area (Å²) in [6.07, 6.45) is 2.61. The Bertz CT molecular complexity index is 1110. The predicted octanol–water partition coefficient (Wildman–Crippen LogP) is 4.44. The number of nitrogens with one attached hydrogen (secondary N) is 2. The number of carbonyl (C=O) groups excluding carboxylic acids is 1. The molecule has 0 radical (unpaired) electrons. The van der Waals surface area contributed by atoms with Crippen LogP contribution in [0.5, 0.6) is 11.5 Å². The van der Waals surface area contributed by atoms with Crippen molar-refractivity contribution in [2.75, 3.05) is 39.2 Å². The molecule has 1 aliphatic rings. The molecule has 8 nitrogen and oxygen atoms in total. The smallest absolute Gasteiger partial charge is 0.247 e. The Labute approximate surface area is 215 Å². The lowest BCUT2D eigenvalue weighted by Gasteiger charge is -2.29. The second-order valence-electron chi connectivity index (χ2n) is 9.78. The summed E-state index contributed by atoms with van der Waals surface area (Å²) in [5.74, 6) is 1.93. The first-order valence-corrected chi connectivity index (χ1v) is 14.0. The minimum Gasteiger partial charge on any atom is -0.493 e. The van der Waals surface area contributed by atoms with Crippen LogP contribution in [-0.2, 0) is 14.8 Å². The summed E-state index contributed by atoms with van der Waals surface area (Å²) in [7, 11) is -0.428. The Morgan fingerprint density at radius 2 is 1.67 bits per heavy atom. The van der Waals surface area contributed by atoms with Gasteiger partial charge in [-0.05, 0) is 73.1 Å². The zero-order valence-corrected chi connectivity index (χ0v) is 22.7. The van der Waals surface area contributed by atoms with E-state index in [0.717, 1.165) is 19.3 Å². The summed E-state index contributed by atoms with van der Waals surface area (Å²) in [4.78, 5) is 13.5. The second-order valence-corrected chi connectivity index (χ2v) is 11.7. The maximum atomic E-state index is 13.2. The maximum absolute atomic E-state index is 13.2. The molecule has 1 amide bonds. The van der Waals surface area contributed by atoms with Crippen molar-refractivity contribution in [3.63, 3.8) is 0 Å². The van der Waals surface area contributed by atoms with Gasteiger partial charge < -0.3 is 20.1 Å². The molecule has 1 atom stereocenters. The summed E-state index contributed by atoms with van der Waals surface area (Å²) in [6.45, 7) is 8.02. The molecular formula is C27H39N3O5S. The Balaban J connectivity index is 1.82. The van der Waals surface area contributed by atoms with Gasteiger partial charge >= 0.3 is 0 Å². The van der Waals surface area contributed by atoms with Gasteiger partial charge in [-0.1, -0.05) is 26.8 Å². The number of carbonyl (C=O) groups is 1. The van der Waals surface area contributed by atoms with Crippen molar-refractivity contribution in [1.29, 1.82) is 0 Å². The van der Waals surface area contributed by atoms with Crippen LogP contribution in [0.4, 0.5) is 5.69 Å².